The molecule has 0 aromatic heterocycles. The van der Waals surface area contributed by atoms with Gasteiger partial charge in [0.25, 0.3) is 5.91 Å². The third-order valence-corrected chi connectivity index (χ3v) is 4.49. The van der Waals surface area contributed by atoms with Crippen molar-refractivity contribution >= 4 is 35.0 Å². The highest BCUT2D eigenvalue weighted by Crippen LogP contribution is 2.24. The second kappa shape index (κ2) is 9.25. The van der Waals surface area contributed by atoms with Crippen molar-refractivity contribution in [2.24, 2.45) is 5.73 Å². The first-order valence-electron chi connectivity index (χ1n) is 8.04. The molecule has 132 valence electrons. The van der Waals surface area contributed by atoms with Crippen LogP contribution < -0.4 is 16.4 Å². The lowest BCUT2D eigenvalue weighted by atomic mass is 10.1. The molecule has 6 heteroatoms. The van der Waals surface area contributed by atoms with Crippen LogP contribution >= 0.6 is 11.8 Å². The zero-order valence-corrected chi connectivity index (χ0v) is 15.2. The Labute approximate surface area is 152 Å². The van der Waals surface area contributed by atoms with E-state index in [1.54, 1.807) is 42.1 Å². The van der Waals surface area contributed by atoms with Crippen molar-refractivity contribution in [2.75, 3.05) is 22.6 Å². The van der Waals surface area contributed by atoms with Gasteiger partial charge in [0.05, 0.1) is 6.04 Å². The first kappa shape index (κ1) is 19.0. The van der Waals surface area contributed by atoms with Gasteiger partial charge < -0.3 is 16.4 Å². The Kier molecular flexibility index (Phi) is 7.03. The zero-order valence-electron chi connectivity index (χ0n) is 14.4. The van der Waals surface area contributed by atoms with Crippen LogP contribution in [0, 0.1) is 6.92 Å². The second-order valence-corrected chi connectivity index (χ2v) is 6.66. The summed E-state index contributed by atoms with van der Waals surface area (Å²) in [6, 6.07) is 13.8. The Bertz CT molecular complexity index is 735. The number of hydrogen-bond donors (Lipinski definition) is 3. The molecule has 0 aliphatic heterocycles. The Hall–Kier alpha value is -2.31. The molecule has 0 spiro atoms. The zero-order chi connectivity index (χ0) is 18.2. The lowest BCUT2D eigenvalue weighted by molar-refractivity contribution is -0.117. The van der Waals surface area contributed by atoms with Crippen LogP contribution in [0.5, 0.6) is 0 Å². The summed E-state index contributed by atoms with van der Waals surface area (Å²) < 4.78 is 0. The van der Waals surface area contributed by atoms with E-state index in [-0.39, 0.29) is 11.8 Å². The SMILES string of the molecule is CSCC[C@H](N)C(=O)Nc1cccc(NC(=O)c2ccccc2)c1C. The molecule has 4 N–H and O–H groups in total. The first-order valence-corrected chi connectivity index (χ1v) is 9.43. The standard InChI is InChI=1S/C19H23N3O2S/c1-13-16(21-18(23)14-7-4-3-5-8-14)9-6-10-17(13)22-19(24)15(20)11-12-25-2/h3-10,15H,11-12,20H2,1-2H3,(H,21,23)(H,22,24)/t15-/m0/s1. The van der Waals surface area contributed by atoms with Gasteiger partial charge in [0.15, 0.2) is 0 Å². The van der Waals surface area contributed by atoms with Crippen molar-refractivity contribution in [2.45, 2.75) is 19.4 Å². The molecule has 2 aromatic carbocycles. The average Bonchev–Trinajstić information content (AvgIpc) is 2.63. The van der Waals surface area contributed by atoms with Gasteiger partial charge in [0.1, 0.15) is 0 Å². The minimum Gasteiger partial charge on any atom is -0.324 e. The second-order valence-electron chi connectivity index (χ2n) is 5.68. The normalized spacial score (nSPS) is 11.6. The van der Waals surface area contributed by atoms with Gasteiger partial charge in [-0.1, -0.05) is 24.3 Å². The number of hydrogen-bond acceptors (Lipinski definition) is 4. The molecule has 2 rings (SSSR count). The maximum absolute atomic E-state index is 12.3. The van der Waals surface area contributed by atoms with Gasteiger partial charge in [-0.15, -0.1) is 0 Å². The fraction of sp³-hybridized carbons (Fsp3) is 0.263. The monoisotopic (exact) mass is 357 g/mol. The molecule has 25 heavy (non-hydrogen) atoms. The number of benzene rings is 2. The van der Waals surface area contributed by atoms with E-state index < -0.39 is 6.04 Å². The molecular weight excluding hydrogens is 334 g/mol. The molecular formula is C19H23N3O2S. The number of carbonyl (C=O) groups is 2. The third kappa shape index (κ3) is 5.34. The van der Waals surface area contributed by atoms with E-state index in [1.807, 2.05) is 31.4 Å². The number of nitrogens with two attached hydrogens (primary N) is 1. The smallest absolute Gasteiger partial charge is 0.255 e. The Balaban J connectivity index is 2.09. The number of carbonyl (C=O) groups excluding carboxylic acids is 2. The van der Waals surface area contributed by atoms with Crippen LogP contribution in [0.25, 0.3) is 0 Å². The van der Waals surface area contributed by atoms with Gasteiger partial charge in [0.2, 0.25) is 5.91 Å². The van der Waals surface area contributed by atoms with Gasteiger partial charge in [-0.05, 0) is 55.2 Å². The minimum absolute atomic E-state index is 0.191. The predicted molar refractivity (Wildman–Crippen MR) is 105 cm³/mol. The van der Waals surface area contributed by atoms with E-state index in [4.69, 9.17) is 5.73 Å². The lowest BCUT2D eigenvalue weighted by Gasteiger charge is -2.16. The number of amides is 2. The van der Waals surface area contributed by atoms with E-state index in [0.29, 0.717) is 23.4 Å². The first-order chi connectivity index (χ1) is 12.0. The molecule has 0 saturated heterocycles. The van der Waals surface area contributed by atoms with Crippen molar-refractivity contribution in [1.82, 2.24) is 0 Å². The minimum atomic E-state index is -0.547. The highest BCUT2D eigenvalue weighted by atomic mass is 32.2. The summed E-state index contributed by atoms with van der Waals surface area (Å²) in [5.74, 6) is 0.424. The number of rotatable bonds is 7. The summed E-state index contributed by atoms with van der Waals surface area (Å²) in [5.41, 5.74) is 8.57. The molecule has 0 radical (unpaired) electrons. The maximum Gasteiger partial charge on any atom is 0.255 e. The van der Waals surface area contributed by atoms with Gasteiger partial charge >= 0.3 is 0 Å². The van der Waals surface area contributed by atoms with Crippen molar-refractivity contribution < 1.29 is 9.59 Å². The van der Waals surface area contributed by atoms with Crippen LogP contribution in [0.3, 0.4) is 0 Å². The molecule has 0 fully saturated rings. The molecule has 5 nitrogen and oxygen atoms in total. The van der Waals surface area contributed by atoms with Crippen molar-refractivity contribution in [3.05, 3.63) is 59.7 Å². The summed E-state index contributed by atoms with van der Waals surface area (Å²) in [5, 5.41) is 5.73. The molecule has 0 aliphatic carbocycles. The molecule has 2 aromatic rings. The van der Waals surface area contributed by atoms with Crippen LogP contribution in [0.1, 0.15) is 22.3 Å². The summed E-state index contributed by atoms with van der Waals surface area (Å²) in [7, 11) is 0. The van der Waals surface area contributed by atoms with Crippen LogP contribution in [-0.2, 0) is 4.79 Å². The van der Waals surface area contributed by atoms with E-state index in [9.17, 15) is 9.59 Å². The largest absolute Gasteiger partial charge is 0.324 e. The molecule has 0 bridgehead atoms. The topological polar surface area (TPSA) is 84.2 Å². The molecule has 2 amide bonds. The van der Waals surface area contributed by atoms with Crippen molar-refractivity contribution in [1.29, 1.82) is 0 Å². The Morgan fingerprint density at radius 1 is 1.04 bits per heavy atom. The van der Waals surface area contributed by atoms with Gasteiger partial charge in [-0.3, -0.25) is 9.59 Å². The fourth-order valence-corrected chi connectivity index (χ4v) is 2.78. The molecule has 1 atom stereocenters. The predicted octanol–water partition coefficient (Wildman–Crippen LogP) is 3.27. The molecule has 0 aliphatic rings. The van der Waals surface area contributed by atoms with E-state index >= 15 is 0 Å². The van der Waals surface area contributed by atoms with E-state index in [2.05, 4.69) is 10.6 Å². The van der Waals surface area contributed by atoms with Crippen molar-refractivity contribution in [3.63, 3.8) is 0 Å². The molecule has 0 heterocycles. The quantitative estimate of drug-likeness (QED) is 0.710. The highest BCUT2D eigenvalue weighted by Gasteiger charge is 2.15. The van der Waals surface area contributed by atoms with E-state index in [0.717, 1.165) is 11.3 Å². The summed E-state index contributed by atoms with van der Waals surface area (Å²) >= 11 is 1.66. The Morgan fingerprint density at radius 3 is 2.32 bits per heavy atom. The summed E-state index contributed by atoms with van der Waals surface area (Å²) in [4.78, 5) is 24.5. The maximum atomic E-state index is 12.3. The lowest BCUT2D eigenvalue weighted by Crippen LogP contribution is -2.36. The average molecular weight is 357 g/mol. The fourth-order valence-electron chi connectivity index (χ4n) is 2.29. The van der Waals surface area contributed by atoms with Gasteiger partial charge in [-0.2, -0.15) is 11.8 Å². The van der Waals surface area contributed by atoms with Gasteiger partial charge in [0, 0.05) is 16.9 Å². The van der Waals surface area contributed by atoms with E-state index in [1.165, 1.54) is 0 Å². The molecule has 0 saturated carbocycles. The van der Waals surface area contributed by atoms with Crippen LogP contribution in [0.15, 0.2) is 48.5 Å². The Morgan fingerprint density at radius 2 is 1.68 bits per heavy atom. The number of thioether (sulfide) groups is 1. The van der Waals surface area contributed by atoms with Crippen molar-refractivity contribution in [3.8, 4) is 0 Å². The third-order valence-electron chi connectivity index (χ3n) is 3.85. The highest BCUT2D eigenvalue weighted by molar-refractivity contribution is 7.98. The van der Waals surface area contributed by atoms with Crippen LogP contribution in [0.2, 0.25) is 0 Å². The molecule has 0 unspecified atom stereocenters. The summed E-state index contributed by atoms with van der Waals surface area (Å²) in [6.45, 7) is 1.85. The van der Waals surface area contributed by atoms with Crippen LogP contribution in [-0.4, -0.2) is 29.9 Å². The number of anilines is 2. The summed E-state index contributed by atoms with van der Waals surface area (Å²) in [6.07, 6.45) is 2.60. The van der Waals surface area contributed by atoms with Crippen LogP contribution in [0.4, 0.5) is 11.4 Å². The number of nitrogens with one attached hydrogen (secondary N) is 2. The van der Waals surface area contributed by atoms with Gasteiger partial charge in [-0.25, -0.2) is 0 Å².